The third-order valence-electron chi connectivity index (χ3n) is 10.2. The number of anilines is 2. The fourth-order valence-electron chi connectivity index (χ4n) is 8.60. The molecule has 0 radical (unpaired) electrons. The Bertz CT molecular complexity index is 1310. The van der Waals surface area contributed by atoms with Gasteiger partial charge >= 0.3 is 0 Å². The second-order valence-corrected chi connectivity index (χ2v) is 11.7. The van der Waals surface area contributed by atoms with Gasteiger partial charge in [0.05, 0.1) is 11.4 Å². The van der Waals surface area contributed by atoms with Crippen LogP contribution < -0.4 is 9.80 Å². The molecule has 0 bridgehead atoms. The molecular formula is C32H38N2O3. The van der Waals surface area contributed by atoms with Gasteiger partial charge in [-0.05, 0) is 97.4 Å². The zero-order valence-electron chi connectivity index (χ0n) is 22.0. The van der Waals surface area contributed by atoms with Crippen LogP contribution >= 0.6 is 0 Å². The minimum Gasteiger partial charge on any atom is -0.508 e. The lowest BCUT2D eigenvalue weighted by Gasteiger charge is -2.58. The number of hydrogen-bond donors (Lipinski definition) is 3. The number of nitrogens with zero attached hydrogens (tertiary/aromatic N) is 2. The first kappa shape index (κ1) is 24.0. The number of fused-ring (bicyclic) bond motifs is 5. The molecule has 0 aromatic heterocycles. The summed E-state index contributed by atoms with van der Waals surface area (Å²) in [5.41, 5.74) is 4.37. The van der Waals surface area contributed by atoms with Crippen LogP contribution in [0.15, 0.2) is 66.7 Å². The zero-order chi connectivity index (χ0) is 25.9. The molecule has 3 aliphatic carbocycles. The summed E-state index contributed by atoms with van der Waals surface area (Å²) < 4.78 is 0. The molecule has 0 spiro atoms. The topological polar surface area (TPSA) is 67.2 Å². The van der Waals surface area contributed by atoms with Crippen LogP contribution in [-0.4, -0.2) is 41.5 Å². The highest BCUT2D eigenvalue weighted by Gasteiger charge is 2.61. The lowest BCUT2D eigenvalue weighted by atomic mass is 9.52. The van der Waals surface area contributed by atoms with Crippen molar-refractivity contribution in [2.45, 2.75) is 57.0 Å². The maximum Gasteiger partial charge on any atom is 0.138 e. The third kappa shape index (κ3) is 3.65. The number of benzene rings is 3. The van der Waals surface area contributed by atoms with Crippen LogP contribution in [0.2, 0.25) is 0 Å². The maximum absolute atomic E-state index is 10.8. The minimum absolute atomic E-state index is 0.0519. The summed E-state index contributed by atoms with van der Waals surface area (Å²) in [6.45, 7) is 2.47. The molecule has 0 heterocycles. The molecule has 6 atom stereocenters. The van der Waals surface area contributed by atoms with Crippen molar-refractivity contribution >= 4 is 11.4 Å². The number of phenols is 3. The first-order valence-electron chi connectivity index (χ1n) is 13.6. The Morgan fingerprint density at radius 3 is 2.03 bits per heavy atom. The summed E-state index contributed by atoms with van der Waals surface area (Å²) >= 11 is 0. The van der Waals surface area contributed by atoms with Gasteiger partial charge in [0.25, 0.3) is 0 Å². The van der Waals surface area contributed by atoms with Crippen LogP contribution in [0.1, 0.15) is 49.7 Å². The first-order valence-corrected chi connectivity index (χ1v) is 13.6. The van der Waals surface area contributed by atoms with E-state index in [-0.39, 0.29) is 17.5 Å². The van der Waals surface area contributed by atoms with Crippen LogP contribution in [0.25, 0.3) is 0 Å². The molecule has 0 amide bonds. The van der Waals surface area contributed by atoms with E-state index in [4.69, 9.17) is 0 Å². The number of aryl methyl sites for hydroxylation is 1. The quantitative estimate of drug-likeness (QED) is 0.395. The van der Waals surface area contributed by atoms with Crippen LogP contribution in [0.4, 0.5) is 11.4 Å². The number of para-hydroxylation sites is 4. The Hall–Kier alpha value is -3.34. The fourth-order valence-corrected chi connectivity index (χ4v) is 8.60. The van der Waals surface area contributed by atoms with Crippen molar-refractivity contribution < 1.29 is 15.3 Å². The molecule has 5 heteroatoms. The van der Waals surface area contributed by atoms with Crippen LogP contribution in [0.3, 0.4) is 0 Å². The number of aromatic hydroxyl groups is 3. The highest BCUT2D eigenvalue weighted by molar-refractivity contribution is 5.61. The van der Waals surface area contributed by atoms with E-state index >= 15 is 0 Å². The Morgan fingerprint density at radius 2 is 1.38 bits per heavy atom. The van der Waals surface area contributed by atoms with E-state index in [2.05, 4.69) is 36.9 Å². The van der Waals surface area contributed by atoms with E-state index in [1.165, 1.54) is 11.1 Å². The Morgan fingerprint density at radius 1 is 0.757 bits per heavy atom. The van der Waals surface area contributed by atoms with E-state index in [1.807, 2.05) is 48.5 Å². The van der Waals surface area contributed by atoms with Crippen molar-refractivity contribution in [1.29, 1.82) is 0 Å². The summed E-state index contributed by atoms with van der Waals surface area (Å²) in [4.78, 5) is 4.64. The molecule has 2 fully saturated rings. The average Bonchev–Trinajstić information content (AvgIpc) is 3.25. The van der Waals surface area contributed by atoms with Gasteiger partial charge in [0.1, 0.15) is 17.2 Å². The van der Waals surface area contributed by atoms with Crippen molar-refractivity contribution in [3.05, 3.63) is 77.9 Å². The monoisotopic (exact) mass is 498 g/mol. The van der Waals surface area contributed by atoms with Crippen molar-refractivity contribution in [3.63, 3.8) is 0 Å². The molecule has 0 unspecified atom stereocenters. The molecule has 2 saturated carbocycles. The fraction of sp³-hybridized carbons (Fsp3) is 0.438. The molecule has 6 rings (SSSR count). The Kier molecular flexibility index (Phi) is 5.78. The van der Waals surface area contributed by atoms with Gasteiger partial charge in [0, 0.05) is 31.6 Å². The summed E-state index contributed by atoms with van der Waals surface area (Å²) in [7, 11) is 4.27. The van der Waals surface area contributed by atoms with E-state index in [0.717, 1.165) is 43.5 Å². The standard InChI is InChI=1S/C32H38N2O3/c1-32-25(16-17-30(32)33(2)26-8-4-6-10-28(26)36)23-14-12-20-18-21(35)13-15-22(20)24(23)19-31(32)34(3)27-9-5-7-11-29(27)37/h4-11,13,15,18,23-25,30-31,35-37H,12,14,16-17,19H2,1-3H3/t23-,24-,25+,30-,31+,32+/m1/s1. The summed E-state index contributed by atoms with van der Waals surface area (Å²) in [6.07, 6.45) is 5.37. The zero-order valence-corrected chi connectivity index (χ0v) is 22.0. The van der Waals surface area contributed by atoms with Crippen molar-refractivity contribution in [2.24, 2.45) is 17.3 Å². The lowest BCUT2D eigenvalue weighted by molar-refractivity contribution is 0.0256. The molecule has 194 valence electrons. The van der Waals surface area contributed by atoms with Gasteiger partial charge in [0.15, 0.2) is 0 Å². The van der Waals surface area contributed by atoms with Gasteiger partial charge in [-0.2, -0.15) is 0 Å². The van der Waals surface area contributed by atoms with Crippen LogP contribution in [0, 0.1) is 17.3 Å². The largest absolute Gasteiger partial charge is 0.508 e. The Labute approximate surface area is 220 Å². The second-order valence-electron chi connectivity index (χ2n) is 11.7. The average molecular weight is 499 g/mol. The highest BCUT2D eigenvalue weighted by atomic mass is 16.3. The summed E-state index contributed by atoms with van der Waals surface area (Å²) in [6, 6.07) is 21.7. The van der Waals surface area contributed by atoms with Gasteiger partial charge in [-0.25, -0.2) is 0 Å². The summed E-state index contributed by atoms with van der Waals surface area (Å²) in [5.74, 6) is 2.51. The van der Waals surface area contributed by atoms with Crippen molar-refractivity contribution in [1.82, 2.24) is 0 Å². The predicted molar refractivity (Wildman–Crippen MR) is 149 cm³/mol. The van der Waals surface area contributed by atoms with E-state index in [1.54, 1.807) is 12.1 Å². The summed E-state index contributed by atoms with van der Waals surface area (Å²) in [5, 5.41) is 31.7. The van der Waals surface area contributed by atoms with E-state index in [0.29, 0.717) is 35.0 Å². The highest BCUT2D eigenvalue weighted by Crippen LogP contribution is 2.63. The molecule has 0 aliphatic heterocycles. The van der Waals surface area contributed by atoms with Crippen LogP contribution in [0.5, 0.6) is 17.2 Å². The van der Waals surface area contributed by atoms with Crippen molar-refractivity contribution in [3.8, 4) is 17.2 Å². The van der Waals surface area contributed by atoms with Crippen LogP contribution in [-0.2, 0) is 6.42 Å². The number of hydrogen-bond acceptors (Lipinski definition) is 5. The van der Waals surface area contributed by atoms with Crippen molar-refractivity contribution in [2.75, 3.05) is 23.9 Å². The molecule has 5 nitrogen and oxygen atoms in total. The lowest BCUT2D eigenvalue weighted by Crippen LogP contribution is -2.61. The molecule has 3 N–H and O–H groups in total. The Balaban J connectivity index is 1.46. The number of rotatable bonds is 4. The number of phenolic OH excluding ortho intramolecular Hbond substituents is 3. The minimum atomic E-state index is -0.0519. The molecule has 3 aromatic rings. The molecule has 37 heavy (non-hydrogen) atoms. The van der Waals surface area contributed by atoms with Gasteiger partial charge in [0.2, 0.25) is 0 Å². The normalized spacial score (nSPS) is 30.2. The van der Waals surface area contributed by atoms with E-state index < -0.39 is 0 Å². The van der Waals surface area contributed by atoms with Gasteiger partial charge in [-0.3, -0.25) is 0 Å². The van der Waals surface area contributed by atoms with Gasteiger partial charge < -0.3 is 25.1 Å². The smallest absolute Gasteiger partial charge is 0.138 e. The van der Waals surface area contributed by atoms with E-state index in [9.17, 15) is 15.3 Å². The SMILES string of the molecule is CN(c1ccccc1O)[C@H]1C[C@@H]2c3ccc(O)cc3CC[C@H]2[C@@H]2CC[C@@H](N(C)c3ccccc3O)[C@@]12C. The first-order chi connectivity index (χ1) is 17.8. The van der Waals surface area contributed by atoms with Gasteiger partial charge in [-0.1, -0.05) is 37.3 Å². The second kappa shape index (κ2) is 8.90. The molecule has 3 aromatic carbocycles. The van der Waals surface area contributed by atoms with Gasteiger partial charge in [-0.15, -0.1) is 0 Å². The molecule has 3 aliphatic rings. The molecular weight excluding hydrogens is 460 g/mol. The third-order valence-corrected chi connectivity index (χ3v) is 10.2. The predicted octanol–water partition coefficient (Wildman–Crippen LogP) is 6.28. The maximum atomic E-state index is 10.8. The molecule has 0 saturated heterocycles.